The molecule has 1 aliphatic rings. The van der Waals surface area contributed by atoms with E-state index in [0.717, 1.165) is 25.9 Å². The van der Waals surface area contributed by atoms with Crippen LogP contribution in [0.1, 0.15) is 31.1 Å². The number of rotatable bonds is 4. The molecule has 0 N–H and O–H groups in total. The van der Waals surface area contributed by atoms with Gasteiger partial charge < -0.3 is 4.90 Å². The fraction of sp³-hybridized carbons (Fsp3) is 0.643. The second-order valence-corrected chi connectivity index (χ2v) is 6.22. The molecule has 0 saturated carbocycles. The minimum absolute atomic E-state index is 0.279. The highest BCUT2D eigenvalue weighted by molar-refractivity contribution is 7.09. The second kappa shape index (κ2) is 6.34. The molecule has 1 atom stereocenters. The van der Waals surface area contributed by atoms with Crippen LogP contribution in [-0.4, -0.2) is 41.9 Å². The number of piperidine rings is 1. The highest BCUT2D eigenvalue weighted by atomic mass is 32.1. The summed E-state index contributed by atoms with van der Waals surface area (Å²) < 4.78 is 0. The van der Waals surface area contributed by atoms with E-state index < -0.39 is 0 Å². The third-order valence-electron chi connectivity index (χ3n) is 3.53. The summed E-state index contributed by atoms with van der Waals surface area (Å²) in [6.07, 6.45) is 3.57. The van der Waals surface area contributed by atoms with Gasteiger partial charge in [-0.15, -0.1) is 11.3 Å². The zero-order valence-electron chi connectivity index (χ0n) is 11.3. The Kier molecular flexibility index (Phi) is 4.78. The first-order valence-corrected chi connectivity index (χ1v) is 7.55. The molecule has 1 unspecified atom stereocenters. The molecule has 1 fully saturated rings. The molecule has 0 bridgehead atoms. The van der Waals surface area contributed by atoms with Gasteiger partial charge in [-0.1, -0.05) is 6.07 Å². The van der Waals surface area contributed by atoms with Crippen LogP contribution in [0.15, 0.2) is 17.5 Å². The van der Waals surface area contributed by atoms with Gasteiger partial charge in [0.25, 0.3) is 0 Å². The maximum atomic E-state index is 12.2. The van der Waals surface area contributed by atoms with Crippen molar-refractivity contribution in [3.05, 3.63) is 22.4 Å². The molecule has 3 nitrogen and oxygen atoms in total. The van der Waals surface area contributed by atoms with Gasteiger partial charge in [-0.25, -0.2) is 0 Å². The molecule has 1 aromatic heterocycles. The molecule has 1 aromatic rings. The number of likely N-dealkylation sites (N-methyl/N-ethyl adjacent to an activating group) is 1. The van der Waals surface area contributed by atoms with Crippen molar-refractivity contribution in [2.75, 3.05) is 20.1 Å². The molecule has 0 spiro atoms. The van der Waals surface area contributed by atoms with Crippen LogP contribution in [0.25, 0.3) is 0 Å². The Labute approximate surface area is 113 Å². The first-order valence-electron chi connectivity index (χ1n) is 6.67. The van der Waals surface area contributed by atoms with Gasteiger partial charge in [0.05, 0.1) is 6.54 Å². The maximum Gasteiger partial charge on any atom is 0.236 e. The third kappa shape index (κ3) is 3.56. The Morgan fingerprint density at radius 2 is 2.39 bits per heavy atom. The lowest BCUT2D eigenvalue weighted by atomic mass is 10.0. The van der Waals surface area contributed by atoms with E-state index in [4.69, 9.17) is 0 Å². The lowest BCUT2D eigenvalue weighted by Gasteiger charge is -2.34. The first kappa shape index (κ1) is 13.6. The Bertz CT molecular complexity index is 377. The fourth-order valence-corrected chi connectivity index (χ4v) is 3.30. The average Bonchev–Trinajstić information content (AvgIpc) is 2.82. The van der Waals surface area contributed by atoms with Crippen LogP contribution in [0, 0.1) is 0 Å². The molecule has 1 amide bonds. The van der Waals surface area contributed by atoms with E-state index in [9.17, 15) is 4.79 Å². The number of carbonyl (C=O) groups excluding carboxylic acids is 1. The molecule has 0 radical (unpaired) electrons. The first-order chi connectivity index (χ1) is 8.66. The van der Waals surface area contributed by atoms with Gasteiger partial charge in [-0.2, -0.15) is 0 Å². The van der Waals surface area contributed by atoms with Gasteiger partial charge in [0.1, 0.15) is 0 Å². The van der Waals surface area contributed by atoms with Crippen molar-refractivity contribution in [3.8, 4) is 0 Å². The van der Waals surface area contributed by atoms with Crippen LogP contribution in [-0.2, 0) is 11.3 Å². The third-order valence-corrected chi connectivity index (χ3v) is 4.40. The molecule has 2 rings (SSSR count). The number of likely N-dealkylation sites (tertiary alicyclic amines) is 1. The molecule has 18 heavy (non-hydrogen) atoms. The van der Waals surface area contributed by atoms with Crippen molar-refractivity contribution in [2.45, 2.75) is 38.8 Å². The number of hydrogen-bond donors (Lipinski definition) is 0. The largest absolute Gasteiger partial charge is 0.339 e. The van der Waals surface area contributed by atoms with Crippen molar-refractivity contribution in [3.63, 3.8) is 0 Å². The Morgan fingerprint density at radius 1 is 1.56 bits per heavy atom. The van der Waals surface area contributed by atoms with E-state index in [1.165, 1.54) is 11.3 Å². The molecule has 1 saturated heterocycles. The molecule has 0 aromatic carbocycles. The van der Waals surface area contributed by atoms with E-state index in [1.807, 2.05) is 7.05 Å². The van der Waals surface area contributed by atoms with Gasteiger partial charge in [-0.3, -0.25) is 9.69 Å². The number of hydrogen-bond acceptors (Lipinski definition) is 3. The average molecular weight is 266 g/mol. The van der Waals surface area contributed by atoms with Crippen LogP contribution < -0.4 is 0 Å². The van der Waals surface area contributed by atoms with Crippen LogP contribution in [0.5, 0.6) is 0 Å². The van der Waals surface area contributed by atoms with E-state index in [0.29, 0.717) is 12.6 Å². The Balaban J connectivity index is 1.82. The SMILES string of the molecule is CC1CCCCN1C(=O)CN(C)Cc1cccs1. The quantitative estimate of drug-likeness (QED) is 0.836. The highest BCUT2D eigenvalue weighted by Crippen LogP contribution is 2.17. The van der Waals surface area contributed by atoms with Crippen molar-refractivity contribution >= 4 is 17.2 Å². The molecule has 1 aliphatic heterocycles. The summed E-state index contributed by atoms with van der Waals surface area (Å²) in [6.45, 7) is 4.50. The van der Waals surface area contributed by atoms with Gasteiger partial charge in [-0.05, 0) is 44.7 Å². The highest BCUT2D eigenvalue weighted by Gasteiger charge is 2.23. The van der Waals surface area contributed by atoms with Crippen molar-refractivity contribution in [2.24, 2.45) is 0 Å². The van der Waals surface area contributed by atoms with Crippen molar-refractivity contribution in [1.82, 2.24) is 9.80 Å². The standard InChI is InChI=1S/C14H22N2OS/c1-12-6-3-4-8-16(12)14(17)11-15(2)10-13-7-5-9-18-13/h5,7,9,12H,3-4,6,8,10-11H2,1-2H3. The lowest BCUT2D eigenvalue weighted by molar-refractivity contribution is -0.135. The Hall–Kier alpha value is -0.870. The number of thiophene rings is 1. The fourth-order valence-electron chi connectivity index (χ4n) is 2.51. The summed E-state index contributed by atoms with van der Waals surface area (Å²) in [5.41, 5.74) is 0. The van der Waals surface area contributed by atoms with Crippen molar-refractivity contribution < 1.29 is 4.79 Å². The molecule has 100 valence electrons. The zero-order valence-corrected chi connectivity index (χ0v) is 12.1. The monoisotopic (exact) mass is 266 g/mol. The van der Waals surface area contributed by atoms with Crippen LogP contribution in [0.2, 0.25) is 0 Å². The molecular weight excluding hydrogens is 244 g/mol. The summed E-state index contributed by atoms with van der Waals surface area (Å²) in [5, 5.41) is 2.08. The molecule has 4 heteroatoms. The van der Waals surface area contributed by atoms with Gasteiger partial charge in [0.2, 0.25) is 5.91 Å². The predicted molar refractivity (Wildman–Crippen MR) is 75.7 cm³/mol. The summed E-state index contributed by atoms with van der Waals surface area (Å²) >= 11 is 1.75. The lowest BCUT2D eigenvalue weighted by Crippen LogP contribution is -2.46. The van der Waals surface area contributed by atoms with Crippen LogP contribution in [0.4, 0.5) is 0 Å². The molecular formula is C14H22N2OS. The van der Waals surface area contributed by atoms with E-state index in [-0.39, 0.29) is 5.91 Å². The molecule has 0 aliphatic carbocycles. The summed E-state index contributed by atoms with van der Waals surface area (Å²) in [6, 6.07) is 4.60. The van der Waals surface area contributed by atoms with E-state index in [2.05, 4.69) is 34.2 Å². The smallest absolute Gasteiger partial charge is 0.236 e. The number of amides is 1. The van der Waals surface area contributed by atoms with Crippen molar-refractivity contribution in [1.29, 1.82) is 0 Å². The normalized spacial score (nSPS) is 20.4. The van der Waals surface area contributed by atoms with Gasteiger partial charge in [0.15, 0.2) is 0 Å². The topological polar surface area (TPSA) is 23.6 Å². The predicted octanol–water partition coefficient (Wildman–Crippen LogP) is 2.58. The summed E-state index contributed by atoms with van der Waals surface area (Å²) in [4.78, 5) is 17.7. The number of carbonyl (C=O) groups is 1. The maximum absolute atomic E-state index is 12.2. The second-order valence-electron chi connectivity index (χ2n) is 5.18. The minimum Gasteiger partial charge on any atom is -0.339 e. The Morgan fingerprint density at radius 3 is 3.06 bits per heavy atom. The zero-order chi connectivity index (χ0) is 13.0. The van der Waals surface area contributed by atoms with E-state index in [1.54, 1.807) is 11.3 Å². The summed E-state index contributed by atoms with van der Waals surface area (Å²) in [7, 11) is 2.02. The van der Waals surface area contributed by atoms with E-state index >= 15 is 0 Å². The van der Waals surface area contributed by atoms with Crippen LogP contribution in [0.3, 0.4) is 0 Å². The van der Waals surface area contributed by atoms with Gasteiger partial charge >= 0.3 is 0 Å². The number of nitrogens with zero attached hydrogens (tertiary/aromatic N) is 2. The van der Waals surface area contributed by atoms with Crippen LogP contribution >= 0.6 is 11.3 Å². The molecule has 2 heterocycles. The summed E-state index contributed by atoms with van der Waals surface area (Å²) in [5.74, 6) is 0.279. The van der Waals surface area contributed by atoms with Gasteiger partial charge in [0, 0.05) is 24.0 Å². The minimum atomic E-state index is 0.279.